The van der Waals surface area contributed by atoms with Crippen molar-refractivity contribution in [3.63, 3.8) is 0 Å². The van der Waals surface area contributed by atoms with Crippen molar-refractivity contribution in [2.45, 2.75) is 0 Å². The van der Waals surface area contributed by atoms with Crippen LogP contribution in [0.5, 0.6) is 0 Å². The van der Waals surface area contributed by atoms with Gasteiger partial charge in [-0.2, -0.15) is 0 Å². The molecule has 18 heavy (non-hydrogen) atoms. The number of para-hydroxylation sites is 1. The number of hydrogen-bond acceptors (Lipinski definition) is 3. The molecule has 2 heterocycles. The highest BCUT2D eigenvalue weighted by Crippen LogP contribution is 2.24. The molecule has 5 heteroatoms. The van der Waals surface area contributed by atoms with E-state index in [4.69, 9.17) is 0 Å². The number of benzene rings is 1. The molecule has 1 aromatic carbocycles. The summed E-state index contributed by atoms with van der Waals surface area (Å²) in [6.45, 7) is 0. The molecule has 0 unspecified atom stereocenters. The second-order valence-corrected chi connectivity index (χ2v) is 3.88. The van der Waals surface area contributed by atoms with Crippen LogP contribution >= 0.6 is 0 Å². The summed E-state index contributed by atoms with van der Waals surface area (Å²) in [5.74, 6) is -0.503. The van der Waals surface area contributed by atoms with Gasteiger partial charge in [0.15, 0.2) is 0 Å². The van der Waals surface area contributed by atoms with Gasteiger partial charge in [-0.3, -0.25) is 14.9 Å². The molecule has 0 saturated carbocycles. The Morgan fingerprint density at radius 2 is 2.06 bits per heavy atom. The number of fused-ring (bicyclic) bond motifs is 3. The number of nitrogens with one attached hydrogen (secondary N) is 2. The number of imide groups is 1. The lowest BCUT2D eigenvalue weighted by Crippen LogP contribution is -2.22. The van der Waals surface area contributed by atoms with Gasteiger partial charge in [-0.15, -0.1) is 0 Å². The Morgan fingerprint density at radius 3 is 2.89 bits per heavy atom. The quantitative estimate of drug-likeness (QED) is 0.667. The molecule has 0 aliphatic rings. The molecule has 2 aromatic heterocycles. The average molecular weight is 239 g/mol. The molecule has 2 N–H and O–H groups in total. The third-order valence-corrected chi connectivity index (χ3v) is 2.81. The van der Waals surface area contributed by atoms with Gasteiger partial charge in [0.25, 0.3) is 5.91 Å². The van der Waals surface area contributed by atoms with Crippen molar-refractivity contribution < 1.29 is 9.59 Å². The topological polar surface area (TPSA) is 74.8 Å². The molecule has 2 amide bonds. The summed E-state index contributed by atoms with van der Waals surface area (Å²) in [6, 6.07) is 9.47. The largest absolute Gasteiger partial charge is 0.353 e. The maximum Gasteiger partial charge on any atom is 0.276 e. The average Bonchev–Trinajstić information content (AvgIpc) is 2.76. The predicted molar refractivity (Wildman–Crippen MR) is 67.1 cm³/mol. The molecule has 0 aliphatic heterocycles. The van der Waals surface area contributed by atoms with Gasteiger partial charge >= 0.3 is 0 Å². The fourth-order valence-electron chi connectivity index (χ4n) is 2.00. The summed E-state index contributed by atoms with van der Waals surface area (Å²) < 4.78 is 0. The first-order valence-corrected chi connectivity index (χ1v) is 5.40. The van der Waals surface area contributed by atoms with Crippen LogP contribution in [0.15, 0.2) is 36.5 Å². The maximum atomic E-state index is 11.5. The molecular formula is C13H9N3O2. The first-order chi connectivity index (χ1) is 8.79. The van der Waals surface area contributed by atoms with E-state index in [0.29, 0.717) is 6.41 Å². The van der Waals surface area contributed by atoms with E-state index < -0.39 is 5.91 Å². The molecule has 3 aromatic rings. The predicted octanol–water partition coefficient (Wildman–Crippen LogP) is 1.60. The second kappa shape index (κ2) is 3.96. The summed E-state index contributed by atoms with van der Waals surface area (Å²) >= 11 is 0. The Balaban J connectivity index is 2.24. The minimum absolute atomic E-state index is 0.222. The van der Waals surface area contributed by atoms with Crippen LogP contribution in [-0.2, 0) is 4.79 Å². The Kier molecular flexibility index (Phi) is 2.30. The minimum Gasteiger partial charge on any atom is -0.353 e. The highest BCUT2D eigenvalue weighted by atomic mass is 16.2. The van der Waals surface area contributed by atoms with Gasteiger partial charge in [0.05, 0.1) is 11.7 Å². The number of amides is 2. The minimum atomic E-state index is -0.503. The molecule has 0 atom stereocenters. The standard InChI is InChI=1S/C13H9N3O2/c17-7-15-13(18)11-5-9-8-3-1-2-4-10(8)16-12(9)6-14-11/h1-7,16H,(H,15,17,18). The van der Waals surface area contributed by atoms with Gasteiger partial charge in [-0.1, -0.05) is 18.2 Å². The third-order valence-electron chi connectivity index (χ3n) is 2.81. The molecule has 0 radical (unpaired) electrons. The third kappa shape index (κ3) is 1.53. The van der Waals surface area contributed by atoms with E-state index in [0.717, 1.165) is 21.8 Å². The van der Waals surface area contributed by atoms with Gasteiger partial charge < -0.3 is 4.98 Å². The molecule has 0 fully saturated rings. The van der Waals surface area contributed by atoms with Crippen LogP contribution in [0.3, 0.4) is 0 Å². The van der Waals surface area contributed by atoms with Gasteiger partial charge in [-0.05, 0) is 12.1 Å². The molecule has 0 spiro atoms. The Bertz CT molecular complexity index is 761. The first-order valence-electron chi connectivity index (χ1n) is 5.40. The zero-order valence-electron chi connectivity index (χ0n) is 9.31. The Hall–Kier alpha value is -2.69. The Labute approximate surface area is 102 Å². The van der Waals surface area contributed by atoms with Gasteiger partial charge in [0.1, 0.15) is 5.69 Å². The lowest BCUT2D eigenvalue weighted by Gasteiger charge is -1.97. The van der Waals surface area contributed by atoms with Crippen molar-refractivity contribution in [3.8, 4) is 0 Å². The molecule has 0 saturated heterocycles. The van der Waals surface area contributed by atoms with Gasteiger partial charge in [0, 0.05) is 16.3 Å². The van der Waals surface area contributed by atoms with E-state index in [1.165, 1.54) is 0 Å². The highest BCUT2D eigenvalue weighted by Gasteiger charge is 2.10. The van der Waals surface area contributed by atoms with Crippen LogP contribution in [0.2, 0.25) is 0 Å². The summed E-state index contributed by atoms with van der Waals surface area (Å²) in [5, 5.41) is 4.01. The lowest BCUT2D eigenvalue weighted by molar-refractivity contribution is -0.108. The van der Waals surface area contributed by atoms with E-state index in [-0.39, 0.29) is 5.69 Å². The van der Waals surface area contributed by atoms with Crippen LogP contribution in [0.25, 0.3) is 21.8 Å². The fourth-order valence-corrected chi connectivity index (χ4v) is 2.00. The number of aromatic nitrogens is 2. The van der Waals surface area contributed by atoms with Crippen molar-refractivity contribution in [1.82, 2.24) is 15.3 Å². The zero-order chi connectivity index (χ0) is 12.5. The number of aromatic amines is 1. The van der Waals surface area contributed by atoms with Crippen molar-refractivity contribution in [2.24, 2.45) is 0 Å². The number of H-pyrrole nitrogens is 1. The number of pyridine rings is 1. The van der Waals surface area contributed by atoms with E-state index in [2.05, 4.69) is 15.3 Å². The molecular weight excluding hydrogens is 230 g/mol. The number of carbonyl (C=O) groups excluding carboxylic acids is 2. The number of hydrogen-bond donors (Lipinski definition) is 2. The first kappa shape index (κ1) is 10.5. The zero-order valence-corrected chi connectivity index (χ0v) is 9.31. The molecule has 0 bridgehead atoms. The summed E-state index contributed by atoms with van der Waals surface area (Å²) in [5.41, 5.74) is 2.07. The summed E-state index contributed by atoms with van der Waals surface area (Å²) in [7, 11) is 0. The van der Waals surface area contributed by atoms with E-state index in [9.17, 15) is 9.59 Å². The number of nitrogens with zero attached hydrogens (tertiary/aromatic N) is 1. The number of rotatable bonds is 2. The van der Waals surface area contributed by atoms with Crippen molar-refractivity contribution in [2.75, 3.05) is 0 Å². The molecule has 0 aliphatic carbocycles. The van der Waals surface area contributed by atoms with Crippen molar-refractivity contribution in [3.05, 3.63) is 42.2 Å². The maximum absolute atomic E-state index is 11.5. The SMILES string of the molecule is O=CNC(=O)c1cc2c(cn1)[nH]c1ccccc12. The smallest absolute Gasteiger partial charge is 0.276 e. The summed E-state index contributed by atoms with van der Waals surface area (Å²) in [6.07, 6.45) is 1.94. The van der Waals surface area contributed by atoms with Crippen molar-refractivity contribution in [1.29, 1.82) is 0 Å². The van der Waals surface area contributed by atoms with Crippen molar-refractivity contribution >= 4 is 34.1 Å². The van der Waals surface area contributed by atoms with Crippen LogP contribution in [0, 0.1) is 0 Å². The molecule has 88 valence electrons. The van der Waals surface area contributed by atoms with Gasteiger partial charge in [0.2, 0.25) is 6.41 Å². The monoisotopic (exact) mass is 239 g/mol. The normalized spacial score (nSPS) is 10.7. The number of carbonyl (C=O) groups is 2. The Morgan fingerprint density at radius 1 is 1.22 bits per heavy atom. The van der Waals surface area contributed by atoms with Gasteiger partial charge in [-0.25, -0.2) is 4.98 Å². The molecule has 5 nitrogen and oxygen atoms in total. The van der Waals surface area contributed by atoms with E-state index in [1.54, 1.807) is 12.3 Å². The molecule has 3 rings (SSSR count). The fraction of sp³-hybridized carbons (Fsp3) is 0. The highest BCUT2D eigenvalue weighted by molar-refractivity contribution is 6.09. The van der Waals surface area contributed by atoms with E-state index >= 15 is 0 Å². The lowest BCUT2D eigenvalue weighted by atomic mass is 10.1. The van der Waals surface area contributed by atoms with Crippen LogP contribution in [-0.4, -0.2) is 22.3 Å². The van der Waals surface area contributed by atoms with E-state index in [1.807, 2.05) is 24.3 Å². The summed E-state index contributed by atoms with van der Waals surface area (Å²) in [4.78, 5) is 29.0. The van der Waals surface area contributed by atoms with Crippen LogP contribution in [0.1, 0.15) is 10.5 Å². The second-order valence-electron chi connectivity index (χ2n) is 3.88. The van der Waals surface area contributed by atoms with Crippen LogP contribution < -0.4 is 5.32 Å². The van der Waals surface area contributed by atoms with Crippen LogP contribution in [0.4, 0.5) is 0 Å².